The van der Waals surface area contributed by atoms with Gasteiger partial charge in [0.25, 0.3) is 0 Å². The molecular formula is C14H9BrClNO. The predicted octanol–water partition coefficient (Wildman–Crippen LogP) is 4.90. The largest absolute Gasteiger partial charge is 0.457 e. The van der Waals surface area contributed by atoms with E-state index < -0.39 is 0 Å². The van der Waals surface area contributed by atoms with Gasteiger partial charge in [0.2, 0.25) is 0 Å². The third kappa shape index (κ3) is 2.84. The highest BCUT2D eigenvalue weighted by Gasteiger charge is 2.07. The fourth-order valence-corrected chi connectivity index (χ4v) is 2.46. The van der Waals surface area contributed by atoms with Crippen molar-refractivity contribution in [3.8, 4) is 17.6 Å². The minimum Gasteiger partial charge on any atom is -0.457 e. The molecule has 0 aliphatic heterocycles. The zero-order chi connectivity index (χ0) is 13.0. The number of halogens is 2. The van der Waals surface area contributed by atoms with Crippen molar-refractivity contribution in [2.45, 2.75) is 5.33 Å². The number of ether oxygens (including phenoxy) is 1. The number of hydrogen-bond donors (Lipinski definition) is 0. The van der Waals surface area contributed by atoms with Gasteiger partial charge in [-0.2, -0.15) is 5.26 Å². The molecule has 2 aromatic carbocycles. The predicted molar refractivity (Wildman–Crippen MR) is 75.3 cm³/mol. The van der Waals surface area contributed by atoms with Gasteiger partial charge in [-0.15, -0.1) is 0 Å². The number of nitrogens with zero attached hydrogens (tertiary/aromatic N) is 1. The summed E-state index contributed by atoms with van der Waals surface area (Å²) in [6.45, 7) is 0. The van der Waals surface area contributed by atoms with Gasteiger partial charge < -0.3 is 4.74 Å². The molecule has 0 aliphatic carbocycles. The van der Waals surface area contributed by atoms with Crippen molar-refractivity contribution in [3.05, 3.63) is 58.6 Å². The van der Waals surface area contributed by atoms with E-state index in [2.05, 4.69) is 22.0 Å². The van der Waals surface area contributed by atoms with E-state index in [1.807, 2.05) is 18.2 Å². The first-order valence-corrected chi connectivity index (χ1v) is 6.76. The van der Waals surface area contributed by atoms with Gasteiger partial charge >= 0.3 is 0 Å². The first kappa shape index (κ1) is 12.9. The molecule has 0 saturated carbocycles. The summed E-state index contributed by atoms with van der Waals surface area (Å²) in [5, 5.41) is 10.0. The minimum absolute atomic E-state index is 0.606. The van der Waals surface area contributed by atoms with E-state index in [0.717, 1.165) is 5.56 Å². The Morgan fingerprint density at radius 1 is 1.17 bits per heavy atom. The highest BCUT2D eigenvalue weighted by atomic mass is 79.9. The van der Waals surface area contributed by atoms with Crippen LogP contribution >= 0.6 is 27.5 Å². The van der Waals surface area contributed by atoms with Crippen LogP contribution in [0.5, 0.6) is 11.5 Å². The van der Waals surface area contributed by atoms with Gasteiger partial charge in [0.05, 0.1) is 11.6 Å². The molecule has 0 aromatic heterocycles. The van der Waals surface area contributed by atoms with Crippen molar-refractivity contribution in [2.24, 2.45) is 0 Å². The highest BCUT2D eigenvalue weighted by Crippen LogP contribution is 2.32. The van der Waals surface area contributed by atoms with Crippen molar-refractivity contribution in [2.75, 3.05) is 0 Å². The van der Waals surface area contributed by atoms with E-state index in [0.29, 0.717) is 27.4 Å². The summed E-state index contributed by atoms with van der Waals surface area (Å²) in [5.41, 5.74) is 1.51. The van der Waals surface area contributed by atoms with Crippen molar-refractivity contribution >= 4 is 27.5 Å². The molecule has 0 bridgehead atoms. The topological polar surface area (TPSA) is 33.0 Å². The summed E-state index contributed by atoms with van der Waals surface area (Å²) in [6.07, 6.45) is 0. The molecule has 0 heterocycles. The molecule has 4 heteroatoms. The molecule has 0 unspecified atom stereocenters. The molecule has 0 N–H and O–H groups in total. The zero-order valence-corrected chi connectivity index (χ0v) is 11.7. The van der Waals surface area contributed by atoms with E-state index in [1.165, 1.54) is 0 Å². The SMILES string of the molecule is N#Cc1ccc(Oc2cccc(Cl)c2CBr)cc1. The Bertz CT molecular complexity index is 590. The maximum Gasteiger partial charge on any atom is 0.132 e. The Hall–Kier alpha value is -1.50. The molecule has 0 radical (unpaired) electrons. The van der Waals surface area contributed by atoms with Crippen LogP contribution in [-0.2, 0) is 5.33 Å². The fraction of sp³-hybridized carbons (Fsp3) is 0.0714. The van der Waals surface area contributed by atoms with Crippen LogP contribution in [0.2, 0.25) is 5.02 Å². The maximum atomic E-state index is 8.72. The summed E-state index contributed by atoms with van der Waals surface area (Å²) >= 11 is 9.48. The van der Waals surface area contributed by atoms with Gasteiger partial charge in [-0.25, -0.2) is 0 Å². The summed E-state index contributed by atoms with van der Waals surface area (Å²) in [7, 11) is 0. The molecule has 0 fully saturated rings. The van der Waals surface area contributed by atoms with Gasteiger partial charge in [0, 0.05) is 15.9 Å². The first-order valence-electron chi connectivity index (χ1n) is 5.26. The smallest absolute Gasteiger partial charge is 0.132 e. The second-order valence-corrected chi connectivity index (χ2v) is 4.56. The van der Waals surface area contributed by atoms with Crippen LogP contribution in [-0.4, -0.2) is 0 Å². The Balaban J connectivity index is 2.28. The number of rotatable bonds is 3. The lowest BCUT2D eigenvalue weighted by atomic mass is 10.2. The summed E-state index contributed by atoms with van der Waals surface area (Å²) < 4.78 is 5.76. The van der Waals surface area contributed by atoms with Crippen molar-refractivity contribution < 1.29 is 4.74 Å². The maximum absolute atomic E-state index is 8.72. The summed E-state index contributed by atoms with van der Waals surface area (Å²) in [6, 6.07) is 14.5. The standard InChI is InChI=1S/C14H9BrClNO/c15-8-12-13(16)2-1-3-14(12)18-11-6-4-10(9-17)5-7-11/h1-7H,8H2. The van der Waals surface area contributed by atoms with Crippen LogP contribution in [0.15, 0.2) is 42.5 Å². The highest BCUT2D eigenvalue weighted by molar-refractivity contribution is 9.08. The quantitative estimate of drug-likeness (QED) is 0.753. The van der Waals surface area contributed by atoms with Crippen LogP contribution in [0.3, 0.4) is 0 Å². The molecule has 0 aliphatic rings. The lowest BCUT2D eigenvalue weighted by molar-refractivity contribution is 0.478. The van der Waals surface area contributed by atoms with Crippen molar-refractivity contribution in [3.63, 3.8) is 0 Å². The van der Waals surface area contributed by atoms with Crippen molar-refractivity contribution in [1.82, 2.24) is 0 Å². The number of hydrogen-bond acceptors (Lipinski definition) is 2. The molecule has 0 amide bonds. The lowest BCUT2D eigenvalue weighted by Crippen LogP contribution is -1.90. The van der Waals surface area contributed by atoms with Gasteiger partial charge in [-0.1, -0.05) is 33.6 Å². The molecule has 18 heavy (non-hydrogen) atoms. The van der Waals surface area contributed by atoms with Gasteiger partial charge in [-0.3, -0.25) is 0 Å². The Morgan fingerprint density at radius 3 is 2.50 bits per heavy atom. The summed E-state index contributed by atoms with van der Waals surface area (Å²) in [4.78, 5) is 0. The fourth-order valence-electron chi connectivity index (χ4n) is 1.49. The van der Waals surface area contributed by atoms with Crippen LogP contribution in [0.1, 0.15) is 11.1 Å². The second-order valence-electron chi connectivity index (χ2n) is 3.59. The number of alkyl halides is 1. The third-order valence-corrected chi connectivity index (χ3v) is 3.34. The first-order chi connectivity index (χ1) is 8.74. The van der Waals surface area contributed by atoms with E-state index in [1.54, 1.807) is 24.3 Å². The van der Waals surface area contributed by atoms with Crippen molar-refractivity contribution in [1.29, 1.82) is 5.26 Å². The van der Waals surface area contributed by atoms with E-state index in [9.17, 15) is 0 Å². The Labute approximate surface area is 119 Å². The average Bonchev–Trinajstić information content (AvgIpc) is 2.40. The normalized spacial score (nSPS) is 9.83. The summed E-state index contributed by atoms with van der Waals surface area (Å²) in [5.74, 6) is 1.39. The van der Waals surface area contributed by atoms with Crippen LogP contribution in [0, 0.1) is 11.3 Å². The molecule has 2 aromatic rings. The van der Waals surface area contributed by atoms with Crippen LogP contribution in [0.25, 0.3) is 0 Å². The Morgan fingerprint density at radius 2 is 1.89 bits per heavy atom. The molecule has 2 rings (SSSR count). The molecule has 2 nitrogen and oxygen atoms in total. The number of benzene rings is 2. The molecule has 0 saturated heterocycles. The van der Waals surface area contributed by atoms with Crippen LogP contribution in [0.4, 0.5) is 0 Å². The average molecular weight is 323 g/mol. The lowest BCUT2D eigenvalue weighted by Gasteiger charge is -2.10. The van der Waals surface area contributed by atoms with Crippen LogP contribution < -0.4 is 4.74 Å². The molecule has 0 spiro atoms. The molecule has 0 atom stereocenters. The van der Waals surface area contributed by atoms with Gasteiger partial charge in [0.1, 0.15) is 11.5 Å². The monoisotopic (exact) mass is 321 g/mol. The minimum atomic E-state index is 0.606. The number of nitriles is 1. The Kier molecular flexibility index (Phi) is 4.24. The van der Waals surface area contributed by atoms with E-state index in [-0.39, 0.29) is 0 Å². The van der Waals surface area contributed by atoms with Gasteiger partial charge in [0.15, 0.2) is 0 Å². The second kappa shape index (κ2) is 5.90. The molecular weight excluding hydrogens is 314 g/mol. The zero-order valence-electron chi connectivity index (χ0n) is 9.36. The van der Waals surface area contributed by atoms with E-state index in [4.69, 9.17) is 21.6 Å². The third-order valence-electron chi connectivity index (χ3n) is 2.42. The molecule has 90 valence electrons. The van der Waals surface area contributed by atoms with Gasteiger partial charge in [-0.05, 0) is 36.4 Å². The van der Waals surface area contributed by atoms with E-state index >= 15 is 0 Å².